The van der Waals surface area contributed by atoms with Crippen LogP contribution in [0.4, 0.5) is 5.69 Å². The molecule has 1 fully saturated rings. The Labute approximate surface area is 194 Å². The minimum absolute atomic E-state index is 0.118. The van der Waals surface area contributed by atoms with Crippen LogP contribution < -0.4 is 19.9 Å². The number of piperidine rings is 1. The highest BCUT2D eigenvalue weighted by Gasteiger charge is 2.23. The maximum absolute atomic E-state index is 13.1. The zero-order chi connectivity index (χ0) is 23.5. The van der Waals surface area contributed by atoms with Crippen molar-refractivity contribution in [3.05, 3.63) is 52.4 Å². The van der Waals surface area contributed by atoms with Gasteiger partial charge in [0.15, 0.2) is 11.5 Å². The van der Waals surface area contributed by atoms with Crippen molar-refractivity contribution < 1.29 is 14.6 Å². The predicted molar refractivity (Wildman–Crippen MR) is 130 cm³/mol. The molecule has 0 amide bonds. The minimum atomic E-state index is -0.118. The van der Waals surface area contributed by atoms with Crippen LogP contribution in [0.2, 0.25) is 0 Å². The number of methoxy groups -OCH3 is 2. The number of hydrogen-bond acceptors (Lipinski definition) is 7. The smallest absolute Gasteiger partial charge is 0.258 e. The van der Waals surface area contributed by atoms with Crippen LogP contribution in [-0.4, -0.2) is 72.9 Å². The zero-order valence-corrected chi connectivity index (χ0v) is 19.7. The van der Waals surface area contributed by atoms with Gasteiger partial charge >= 0.3 is 0 Å². The molecule has 2 aromatic heterocycles. The van der Waals surface area contributed by atoms with Gasteiger partial charge in [0.05, 0.1) is 32.2 Å². The largest absolute Gasteiger partial charge is 0.493 e. The number of nitrogens with zero attached hydrogens (tertiary/aromatic N) is 4. The van der Waals surface area contributed by atoms with E-state index in [9.17, 15) is 9.90 Å². The zero-order valence-electron chi connectivity index (χ0n) is 19.7. The van der Waals surface area contributed by atoms with E-state index in [1.165, 1.54) is 0 Å². The summed E-state index contributed by atoms with van der Waals surface area (Å²) in [6, 6.07) is 9.67. The fraction of sp³-hybridized carbons (Fsp3) is 0.440. The van der Waals surface area contributed by atoms with Crippen molar-refractivity contribution >= 4 is 11.3 Å². The lowest BCUT2D eigenvalue weighted by Gasteiger charge is -2.37. The summed E-state index contributed by atoms with van der Waals surface area (Å²) in [5, 5.41) is 9.19. The lowest BCUT2D eigenvalue weighted by molar-refractivity contribution is 0.162. The summed E-state index contributed by atoms with van der Waals surface area (Å²) in [5.41, 5.74) is 3.91. The van der Waals surface area contributed by atoms with Gasteiger partial charge in [0.1, 0.15) is 5.65 Å². The van der Waals surface area contributed by atoms with E-state index < -0.39 is 0 Å². The van der Waals surface area contributed by atoms with Crippen molar-refractivity contribution in [3.63, 3.8) is 0 Å². The van der Waals surface area contributed by atoms with Gasteiger partial charge in [-0.25, -0.2) is 4.98 Å². The maximum atomic E-state index is 13.1. The standard InChI is InChI=1S/C25H32N4O4/c1-17-13-20(28-9-7-19(8-10-28)27(2)11-12-30)16-29-24(31)15-21(26-25(17)29)18-5-6-22(32-3)23(14-18)33-4/h5-6,13-16,19,30H,7-12H2,1-4H3. The van der Waals surface area contributed by atoms with E-state index in [4.69, 9.17) is 14.5 Å². The number of fused-ring (bicyclic) bond motifs is 1. The summed E-state index contributed by atoms with van der Waals surface area (Å²) in [5.74, 6) is 1.23. The van der Waals surface area contributed by atoms with E-state index in [1.54, 1.807) is 24.7 Å². The van der Waals surface area contributed by atoms with E-state index in [1.807, 2.05) is 31.3 Å². The second-order valence-corrected chi connectivity index (χ2v) is 8.55. The molecule has 8 heteroatoms. The fourth-order valence-electron chi connectivity index (χ4n) is 4.57. The molecule has 4 rings (SSSR count). The van der Waals surface area contributed by atoms with Gasteiger partial charge in [-0.05, 0) is 56.6 Å². The summed E-state index contributed by atoms with van der Waals surface area (Å²) in [6.45, 7) is 4.70. The number of pyridine rings is 1. The summed E-state index contributed by atoms with van der Waals surface area (Å²) in [4.78, 5) is 22.4. The first-order valence-electron chi connectivity index (χ1n) is 11.3. The molecule has 0 saturated carbocycles. The number of likely N-dealkylation sites (N-methyl/N-ethyl adjacent to an activating group) is 1. The third-order valence-electron chi connectivity index (χ3n) is 6.52. The van der Waals surface area contributed by atoms with Crippen molar-refractivity contribution in [2.45, 2.75) is 25.8 Å². The molecule has 0 radical (unpaired) electrons. The molecule has 0 aliphatic carbocycles. The van der Waals surface area contributed by atoms with Gasteiger partial charge in [-0.1, -0.05) is 0 Å². The number of aliphatic hydroxyl groups excluding tert-OH is 1. The monoisotopic (exact) mass is 452 g/mol. The third-order valence-corrected chi connectivity index (χ3v) is 6.52. The molecule has 0 bridgehead atoms. The van der Waals surface area contributed by atoms with Crippen molar-refractivity contribution in [2.24, 2.45) is 0 Å². The van der Waals surface area contributed by atoms with Gasteiger partial charge in [0, 0.05) is 43.5 Å². The van der Waals surface area contributed by atoms with Crippen LogP contribution in [0.25, 0.3) is 16.9 Å². The number of ether oxygens (including phenoxy) is 2. The number of hydrogen-bond donors (Lipinski definition) is 1. The number of aromatic nitrogens is 2. The van der Waals surface area contributed by atoms with Gasteiger partial charge in [-0.15, -0.1) is 0 Å². The molecule has 0 spiro atoms. The first-order valence-corrected chi connectivity index (χ1v) is 11.3. The maximum Gasteiger partial charge on any atom is 0.258 e. The highest BCUT2D eigenvalue weighted by molar-refractivity contribution is 5.67. The molecule has 1 aromatic carbocycles. The van der Waals surface area contributed by atoms with Crippen LogP contribution in [-0.2, 0) is 0 Å². The Morgan fingerprint density at radius 1 is 1.12 bits per heavy atom. The molecular weight excluding hydrogens is 420 g/mol. The first-order chi connectivity index (χ1) is 15.9. The Bertz CT molecular complexity index is 1180. The van der Waals surface area contributed by atoms with E-state index in [-0.39, 0.29) is 12.2 Å². The molecule has 3 heterocycles. The summed E-state index contributed by atoms with van der Waals surface area (Å²) < 4.78 is 12.4. The summed E-state index contributed by atoms with van der Waals surface area (Å²) in [7, 11) is 5.25. The minimum Gasteiger partial charge on any atom is -0.493 e. The van der Waals surface area contributed by atoms with Crippen molar-refractivity contribution in [3.8, 4) is 22.8 Å². The van der Waals surface area contributed by atoms with E-state index in [0.29, 0.717) is 35.4 Å². The van der Waals surface area contributed by atoms with Gasteiger partial charge in [-0.2, -0.15) is 0 Å². The Morgan fingerprint density at radius 2 is 1.85 bits per heavy atom. The number of aliphatic hydroxyl groups is 1. The van der Waals surface area contributed by atoms with Gasteiger partial charge < -0.3 is 24.4 Å². The molecule has 8 nitrogen and oxygen atoms in total. The SMILES string of the molecule is COc1ccc(-c2cc(=O)n3cc(N4CCC(N(C)CCO)CC4)cc(C)c3n2)cc1OC. The molecular formula is C25H32N4O4. The van der Waals surface area contributed by atoms with E-state index in [2.05, 4.69) is 22.9 Å². The molecule has 1 N–H and O–H groups in total. The Morgan fingerprint density at radius 3 is 2.52 bits per heavy atom. The summed E-state index contributed by atoms with van der Waals surface area (Å²) >= 11 is 0. The lowest BCUT2D eigenvalue weighted by Crippen LogP contribution is -2.44. The second kappa shape index (κ2) is 9.80. The Kier molecular flexibility index (Phi) is 6.85. The Hall–Kier alpha value is -3.10. The van der Waals surface area contributed by atoms with Crippen LogP contribution in [0.5, 0.6) is 11.5 Å². The number of benzene rings is 1. The molecule has 33 heavy (non-hydrogen) atoms. The van der Waals surface area contributed by atoms with Crippen LogP contribution in [0.3, 0.4) is 0 Å². The molecule has 0 atom stereocenters. The average molecular weight is 453 g/mol. The van der Waals surface area contributed by atoms with Crippen LogP contribution in [0.15, 0.2) is 41.3 Å². The van der Waals surface area contributed by atoms with Crippen molar-refractivity contribution in [1.82, 2.24) is 14.3 Å². The lowest BCUT2D eigenvalue weighted by atomic mass is 10.0. The van der Waals surface area contributed by atoms with E-state index >= 15 is 0 Å². The molecule has 1 saturated heterocycles. The summed E-state index contributed by atoms with van der Waals surface area (Å²) in [6.07, 6.45) is 3.95. The highest BCUT2D eigenvalue weighted by atomic mass is 16.5. The molecule has 1 aliphatic heterocycles. The van der Waals surface area contributed by atoms with Gasteiger partial charge in [0.25, 0.3) is 5.56 Å². The molecule has 176 valence electrons. The quantitative estimate of drug-likeness (QED) is 0.590. The number of anilines is 1. The van der Waals surface area contributed by atoms with Crippen LogP contribution in [0, 0.1) is 6.92 Å². The van der Waals surface area contributed by atoms with Crippen LogP contribution in [0.1, 0.15) is 18.4 Å². The van der Waals surface area contributed by atoms with Gasteiger partial charge in [-0.3, -0.25) is 9.20 Å². The highest BCUT2D eigenvalue weighted by Crippen LogP contribution is 2.32. The number of aryl methyl sites for hydroxylation is 1. The Balaban J connectivity index is 1.63. The molecule has 0 unspecified atom stereocenters. The topological polar surface area (TPSA) is 79.5 Å². The normalized spacial score (nSPS) is 14.8. The fourth-order valence-corrected chi connectivity index (χ4v) is 4.57. The predicted octanol–water partition coefficient (Wildman–Crippen LogP) is 2.58. The number of rotatable bonds is 7. The molecule has 1 aliphatic rings. The molecule has 3 aromatic rings. The van der Waals surface area contributed by atoms with Crippen molar-refractivity contribution in [1.29, 1.82) is 0 Å². The average Bonchev–Trinajstić information content (AvgIpc) is 2.84. The van der Waals surface area contributed by atoms with E-state index in [0.717, 1.165) is 42.7 Å². The third kappa shape index (κ3) is 4.67. The second-order valence-electron chi connectivity index (χ2n) is 8.55. The van der Waals surface area contributed by atoms with Crippen molar-refractivity contribution in [2.75, 3.05) is 52.4 Å². The van der Waals surface area contributed by atoms with Crippen LogP contribution >= 0.6 is 0 Å². The van der Waals surface area contributed by atoms with Gasteiger partial charge in [0.2, 0.25) is 0 Å². The first kappa shape index (κ1) is 23.1.